The molecule has 4 heteroatoms. The van der Waals surface area contributed by atoms with Gasteiger partial charge in [-0.05, 0) is 30.7 Å². The third-order valence-corrected chi connectivity index (χ3v) is 4.38. The van der Waals surface area contributed by atoms with Crippen molar-refractivity contribution in [3.63, 3.8) is 0 Å². The number of rotatable bonds is 4. The third kappa shape index (κ3) is 3.13. The molecule has 17 heavy (non-hydrogen) atoms. The van der Waals surface area contributed by atoms with E-state index in [9.17, 15) is 0 Å². The van der Waals surface area contributed by atoms with Crippen molar-refractivity contribution < 1.29 is 0 Å². The van der Waals surface area contributed by atoms with E-state index in [-0.39, 0.29) is 0 Å². The lowest BCUT2D eigenvalue weighted by molar-refractivity contribution is 0.762. The monoisotopic (exact) mass is 247 g/mol. The van der Waals surface area contributed by atoms with Gasteiger partial charge in [0.2, 0.25) is 0 Å². The Bertz CT molecular complexity index is 396. The summed E-state index contributed by atoms with van der Waals surface area (Å²) in [6.45, 7) is 2.21. The summed E-state index contributed by atoms with van der Waals surface area (Å²) in [7, 11) is 0. The summed E-state index contributed by atoms with van der Waals surface area (Å²) in [4.78, 5) is 4.26. The fraction of sp³-hybridized carbons (Fsp3) is 0.538. The number of aromatic nitrogens is 1. The zero-order valence-electron chi connectivity index (χ0n) is 10.0. The molecule has 1 aromatic rings. The average molecular weight is 247 g/mol. The van der Waals surface area contributed by atoms with Crippen LogP contribution in [0.3, 0.4) is 0 Å². The molecule has 1 aromatic heterocycles. The minimum atomic E-state index is 0.528. The van der Waals surface area contributed by atoms with E-state index in [0.29, 0.717) is 16.9 Å². The molecule has 0 radical (unpaired) electrons. The number of nitriles is 1. The second-order valence-corrected chi connectivity index (χ2v) is 5.74. The predicted molar refractivity (Wildman–Crippen MR) is 72.1 cm³/mol. The summed E-state index contributed by atoms with van der Waals surface area (Å²) in [5.74, 6) is 2.06. The third-order valence-electron chi connectivity index (χ3n) is 3.06. The van der Waals surface area contributed by atoms with Crippen LogP contribution in [-0.2, 0) is 0 Å². The van der Waals surface area contributed by atoms with Gasteiger partial charge in [-0.2, -0.15) is 17.0 Å². The summed E-state index contributed by atoms with van der Waals surface area (Å²) in [6.07, 6.45) is 5.44. The first kappa shape index (κ1) is 12.3. The molecule has 2 rings (SSSR count). The summed E-state index contributed by atoms with van der Waals surface area (Å²) in [5, 5.41) is 12.9. The first-order valence-corrected chi connectivity index (χ1v) is 7.12. The lowest BCUT2D eigenvalue weighted by atomic mass is 10.2. The quantitative estimate of drug-likeness (QED) is 0.888. The van der Waals surface area contributed by atoms with Crippen molar-refractivity contribution in [2.75, 3.05) is 11.1 Å². The second-order valence-electron chi connectivity index (χ2n) is 4.22. The molecule has 2 atom stereocenters. The van der Waals surface area contributed by atoms with Crippen LogP contribution in [0.15, 0.2) is 18.3 Å². The van der Waals surface area contributed by atoms with Gasteiger partial charge in [0.25, 0.3) is 0 Å². The van der Waals surface area contributed by atoms with Crippen molar-refractivity contribution in [3.8, 4) is 6.07 Å². The molecular weight excluding hydrogens is 230 g/mol. The van der Waals surface area contributed by atoms with Gasteiger partial charge >= 0.3 is 0 Å². The molecule has 0 bridgehead atoms. The Balaban J connectivity index is 1.97. The Kier molecular flexibility index (Phi) is 4.27. The smallest absolute Gasteiger partial charge is 0.126 e. The van der Waals surface area contributed by atoms with Crippen LogP contribution in [0.1, 0.15) is 31.7 Å². The highest BCUT2D eigenvalue weighted by Gasteiger charge is 2.27. The van der Waals surface area contributed by atoms with Crippen LogP contribution in [0.5, 0.6) is 0 Å². The van der Waals surface area contributed by atoms with Crippen LogP contribution in [0.2, 0.25) is 0 Å². The lowest BCUT2D eigenvalue weighted by Gasteiger charge is -2.20. The zero-order valence-corrected chi connectivity index (χ0v) is 10.8. The van der Waals surface area contributed by atoms with Crippen molar-refractivity contribution in [1.29, 1.82) is 5.26 Å². The van der Waals surface area contributed by atoms with Crippen molar-refractivity contribution in [3.05, 3.63) is 23.9 Å². The van der Waals surface area contributed by atoms with Gasteiger partial charge in [0.15, 0.2) is 0 Å². The molecule has 3 nitrogen and oxygen atoms in total. The molecule has 1 heterocycles. The minimum Gasteiger partial charge on any atom is -0.366 e. The predicted octanol–water partition coefficient (Wildman–Crippen LogP) is 3.04. The highest BCUT2D eigenvalue weighted by atomic mass is 32.2. The molecule has 0 aromatic carbocycles. The Morgan fingerprint density at radius 1 is 1.53 bits per heavy atom. The molecule has 1 N–H and O–H groups in total. The van der Waals surface area contributed by atoms with Gasteiger partial charge in [-0.15, -0.1) is 0 Å². The molecule has 1 aliphatic carbocycles. The number of hydrogen-bond donors (Lipinski definition) is 1. The summed E-state index contributed by atoms with van der Waals surface area (Å²) < 4.78 is 0. The lowest BCUT2D eigenvalue weighted by Crippen LogP contribution is -2.26. The number of hydrogen-bond acceptors (Lipinski definition) is 4. The van der Waals surface area contributed by atoms with Crippen LogP contribution < -0.4 is 5.32 Å². The first-order chi connectivity index (χ1) is 8.33. The molecule has 1 aliphatic rings. The molecule has 1 saturated carbocycles. The number of thioether (sulfide) groups is 1. The summed E-state index contributed by atoms with van der Waals surface area (Å²) in [5.41, 5.74) is 0.612. The largest absolute Gasteiger partial charge is 0.366 e. The van der Waals surface area contributed by atoms with E-state index in [2.05, 4.69) is 23.3 Å². The number of nitrogens with zero attached hydrogens (tertiary/aromatic N) is 2. The highest BCUT2D eigenvalue weighted by Crippen LogP contribution is 2.31. The van der Waals surface area contributed by atoms with Gasteiger partial charge in [-0.1, -0.05) is 13.3 Å². The van der Waals surface area contributed by atoms with Crippen molar-refractivity contribution in [2.24, 2.45) is 0 Å². The minimum absolute atomic E-state index is 0.528. The summed E-state index contributed by atoms with van der Waals surface area (Å²) in [6, 6.07) is 6.32. The highest BCUT2D eigenvalue weighted by molar-refractivity contribution is 7.99. The van der Waals surface area contributed by atoms with Crippen LogP contribution in [0.25, 0.3) is 0 Å². The maximum Gasteiger partial charge on any atom is 0.126 e. The van der Waals surface area contributed by atoms with Gasteiger partial charge in [0, 0.05) is 17.5 Å². The van der Waals surface area contributed by atoms with Gasteiger partial charge in [-0.3, -0.25) is 0 Å². The van der Waals surface area contributed by atoms with Gasteiger partial charge < -0.3 is 5.32 Å². The Morgan fingerprint density at radius 3 is 3.06 bits per heavy atom. The number of nitrogens with one attached hydrogen (secondary N) is 1. The standard InChI is InChI=1S/C13H17N3S/c1-2-17-12-5-3-4-11(12)16-13-7-6-10(8-14)9-15-13/h6-7,9,11-12H,2-5H2,1H3,(H,15,16). The van der Waals surface area contributed by atoms with Gasteiger partial charge in [0.05, 0.1) is 5.56 Å². The zero-order chi connectivity index (χ0) is 12.1. The molecule has 0 saturated heterocycles. The Hall–Kier alpha value is -1.21. The van der Waals surface area contributed by atoms with E-state index in [1.807, 2.05) is 23.9 Å². The molecule has 0 aliphatic heterocycles. The normalized spacial score (nSPS) is 23.3. The fourth-order valence-electron chi connectivity index (χ4n) is 2.24. The fourth-order valence-corrected chi connectivity index (χ4v) is 3.44. The number of anilines is 1. The van der Waals surface area contributed by atoms with E-state index < -0.39 is 0 Å². The number of pyridine rings is 1. The van der Waals surface area contributed by atoms with Crippen molar-refractivity contribution in [1.82, 2.24) is 4.98 Å². The maximum absolute atomic E-state index is 8.71. The van der Waals surface area contributed by atoms with Gasteiger partial charge in [-0.25, -0.2) is 4.98 Å². The average Bonchev–Trinajstić information content (AvgIpc) is 2.78. The van der Waals surface area contributed by atoms with Crippen LogP contribution in [0, 0.1) is 11.3 Å². The van der Waals surface area contributed by atoms with Crippen molar-refractivity contribution in [2.45, 2.75) is 37.5 Å². The maximum atomic E-state index is 8.71. The van der Waals surface area contributed by atoms with E-state index in [4.69, 9.17) is 5.26 Å². The van der Waals surface area contributed by atoms with Crippen LogP contribution in [0.4, 0.5) is 5.82 Å². The second kappa shape index (κ2) is 5.92. The summed E-state index contributed by atoms with van der Waals surface area (Å²) >= 11 is 2.03. The SMILES string of the molecule is CCSC1CCCC1Nc1ccc(C#N)cn1. The topological polar surface area (TPSA) is 48.7 Å². The molecule has 2 unspecified atom stereocenters. The van der Waals surface area contributed by atoms with Crippen LogP contribution in [-0.4, -0.2) is 22.0 Å². The van der Waals surface area contributed by atoms with Gasteiger partial charge in [0.1, 0.15) is 11.9 Å². The Labute approximate surface area is 107 Å². The molecule has 0 amide bonds. The molecular formula is C13H17N3S. The molecule has 1 fully saturated rings. The molecule has 90 valence electrons. The van der Waals surface area contributed by atoms with E-state index in [1.165, 1.54) is 25.0 Å². The molecule has 0 spiro atoms. The van der Waals surface area contributed by atoms with E-state index in [1.54, 1.807) is 6.20 Å². The first-order valence-electron chi connectivity index (χ1n) is 6.07. The Morgan fingerprint density at radius 2 is 2.41 bits per heavy atom. The van der Waals surface area contributed by atoms with Crippen LogP contribution >= 0.6 is 11.8 Å². The van der Waals surface area contributed by atoms with Crippen molar-refractivity contribution >= 4 is 17.6 Å². The van der Waals surface area contributed by atoms with E-state index in [0.717, 1.165) is 5.82 Å². The van der Waals surface area contributed by atoms with E-state index >= 15 is 0 Å².